The Morgan fingerprint density at radius 1 is 1.32 bits per heavy atom. The predicted octanol–water partition coefficient (Wildman–Crippen LogP) is 2.64. The standard InChI is InChI=1S/C15H24N2O2/c1-10(2)16-7-6-14(18)17-15-12(4)8-11(3)9-13(15)19-5/h8-10,16H,6-7H2,1-5H3,(H,17,18). The summed E-state index contributed by atoms with van der Waals surface area (Å²) in [5, 5.41) is 6.15. The zero-order valence-corrected chi connectivity index (χ0v) is 12.5. The van der Waals surface area contributed by atoms with Gasteiger partial charge < -0.3 is 15.4 Å². The minimum absolute atomic E-state index is 0.00148. The summed E-state index contributed by atoms with van der Waals surface area (Å²) in [5.41, 5.74) is 2.90. The van der Waals surface area contributed by atoms with Gasteiger partial charge in [0.25, 0.3) is 0 Å². The fourth-order valence-electron chi connectivity index (χ4n) is 1.93. The van der Waals surface area contributed by atoms with E-state index in [1.54, 1.807) is 7.11 Å². The van der Waals surface area contributed by atoms with Crippen molar-refractivity contribution in [3.05, 3.63) is 23.3 Å². The van der Waals surface area contributed by atoms with Gasteiger partial charge in [0, 0.05) is 19.0 Å². The third-order valence-corrected chi connectivity index (χ3v) is 2.83. The summed E-state index contributed by atoms with van der Waals surface area (Å²) in [6, 6.07) is 4.35. The number of ether oxygens (including phenoxy) is 1. The molecule has 0 aliphatic carbocycles. The lowest BCUT2D eigenvalue weighted by Crippen LogP contribution is -2.27. The minimum atomic E-state index is -0.00148. The maximum atomic E-state index is 11.9. The number of hydrogen-bond acceptors (Lipinski definition) is 3. The second-order valence-corrected chi connectivity index (χ2v) is 5.07. The molecule has 0 fully saturated rings. The number of carbonyl (C=O) groups excluding carboxylic acids is 1. The van der Waals surface area contributed by atoms with Crippen LogP contribution in [0.25, 0.3) is 0 Å². The molecule has 106 valence electrons. The molecule has 1 rings (SSSR count). The molecule has 1 amide bonds. The monoisotopic (exact) mass is 264 g/mol. The van der Waals surface area contributed by atoms with Crippen molar-refractivity contribution in [1.29, 1.82) is 0 Å². The average Bonchev–Trinajstić information content (AvgIpc) is 2.31. The highest BCUT2D eigenvalue weighted by atomic mass is 16.5. The molecule has 0 saturated heterocycles. The molecular formula is C15H24N2O2. The highest BCUT2D eigenvalue weighted by Gasteiger charge is 2.11. The summed E-state index contributed by atoms with van der Waals surface area (Å²) >= 11 is 0. The van der Waals surface area contributed by atoms with Crippen molar-refractivity contribution in [2.45, 2.75) is 40.2 Å². The molecule has 0 aliphatic heterocycles. The number of rotatable bonds is 6. The first-order valence-corrected chi connectivity index (χ1v) is 6.62. The zero-order valence-electron chi connectivity index (χ0n) is 12.5. The number of methoxy groups -OCH3 is 1. The average molecular weight is 264 g/mol. The van der Waals surface area contributed by atoms with Crippen LogP contribution in [-0.2, 0) is 4.79 Å². The highest BCUT2D eigenvalue weighted by molar-refractivity contribution is 5.93. The number of carbonyl (C=O) groups is 1. The second kappa shape index (κ2) is 7.14. The molecule has 0 bridgehead atoms. The van der Waals surface area contributed by atoms with E-state index in [9.17, 15) is 4.79 Å². The van der Waals surface area contributed by atoms with Gasteiger partial charge in [-0.2, -0.15) is 0 Å². The molecule has 19 heavy (non-hydrogen) atoms. The third kappa shape index (κ3) is 4.91. The number of aryl methyl sites for hydroxylation is 2. The van der Waals surface area contributed by atoms with E-state index in [2.05, 4.69) is 24.5 Å². The van der Waals surface area contributed by atoms with E-state index < -0.39 is 0 Å². The van der Waals surface area contributed by atoms with Crippen LogP contribution in [0.1, 0.15) is 31.4 Å². The van der Waals surface area contributed by atoms with Gasteiger partial charge in [0.1, 0.15) is 5.75 Å². The summed E-state index contributed by atoms with van der Waals surface area (Å²) in [5.74, 6) is 0.709. The van der Waals surface area contributed by atoms with Gasteiger partial charge in [-0.3, -0.25) is 4.79 Å². The van der Waals surface area contributed by atoms with Crippen LogP contribution in [0.2, 0.25) is 0 Å². The Hall–Kier alpha value is -1.55. The van der Waals surface area contributed by atoms with Gasteiger partial charge in [-0.15, -0.1) is 0 Å². The van der Waals surface area contributed by atoms with Crippen LogP contribution in [0.15, 0.2) is 12.1 Å². The molecule has 0 atom stereocenters. The Morgan fingerprint density at radius 2 is 2.00 bits per heavy atom. The molecule has 4 heteroatoms. The Kier molecular flexibility index (Phi) is 5.83. The molecule has 0 aliphatic rings. The van der Waals surface area contributed by atoms with Crippen LogP contribution in [0.4, 0.5) is 5.69 Å². The van der Waals surface area contributed by atoms with Crippen molar-refractivity contribution in [2.75, 3.05) is 19.0 Å². The molecule has 1 aromatic rings. The highest BCUT2D eigenvalue weighted by Crippen LogP contribution is 2.29. The Balaban J connectivity index is 2.68. The van der Waals surface area contributed by atoms with E-state index in [1.165, 1.54) is 0 Å². The van der Waals surface area contributed by atoms with E-state index in [0.29, 0.717) is 24.8 Å². The van der Waals surface area contributed by atoms with Crippen LogP contribution < -0.4 is 15.4 Å². The summed E-state index contributed by atoms with van der Waals surface area (Å²) in [6.45, 7) is 8.78. The number of nitrogens with one attached hydrogen (secondary N) is 2. The lowest BCUT2D eigenvalue weighted by atomic mass is 10.1. The summed E-state index contributed by atoms with van der Waals surface area (Å²) in [4.78, 5) is 11.9. The first-order valence-electron chi connectivity index (χ1n) is 6.62. The number of amides is 1. The Bertz CT molecular complexity index is 442. The van der Waals surface area contributed by atoms with Gasteiger partial charge in [0.15, 0.2) is 0 Å². The van der Waals surface area contributed by atoms with Gasteiger partial charge >= 0.3 is 0 Å². The fraction of sp³-hybridized carbons (Fsp3) is 0.533. The van der Waals surface area contributed by atoms with E-state index >= 15 is 0 Å². The third-order valence-electron chi connectivity index (χ3n) is 2.83. The topological polar surface area (TPSA) is 50.4 Å². The van der Waals surface area contributed by atoms with Crippen LogP contribution in [-0.4, -0.2) is 25.6 Å². The Labute approximate surface area is 115 Å². The van der Waals surface area contributed by atoms with Crippen molar-refractivity contribution in [2.24, 2.45) is 0 Å². The van der Waals surface area contributed by atoms with Crippen molar-refractivity contribution >= 4 is 11.6 Å². The van der Waals surface area contributed by atoms with E-state index in [-0.39, 0.29) is 5.91 Å². The Morgan fingerprint density at radius 3 is 2.58 bits per heavy atom. The smallest absolute Gasteiger partial charge is 0.225 e. The molecule has 0 radical (unpaired) electrons. The largest absolute Gasteiger partial charge is 0.495 e. The second-order valence-electron chi connectivity index (χ2n) is 5.07. The molecule has 0 unspecified atom stereocenters. The molecule has 0 saturated carbocycles. The van der Waals surface area contributed by atoms with Crippen molar-refractivity contribution in [3.8, 4) is 5.75 Å². The normalized spacial score (nSPS) is 10.6. The lowest BCUT2D eigenvalue weighted by Gasteiger charge is -2.14. The fourth-order valence-corrected chi connectivity index (χ4v) is 1.93. The molecule has 0 spiro atoms. The van der Waals surface area contributed by atoms with Crippen LogP contribution in [0, 0.1) is 13.8 Å². The number of benzene rings is 1. The van der Waals surface area contributed by atoms with Gasteiger partial charge in [-0.05, 0) is 31.0 Å². The van der Waals surface area contributed by atoms with E-state index in [4.69, 9.17) is 4.74 Å². The predicted molar refractivity (Wildman–Crippen MR) is 78.9 cm³/mol. The van der Waals surface area contributed by atoms with Crippen LogP contribution >= 0.6 is 0 Å². The molecule has 2 N–H and O–H groups in total. The van der Waals surface area contributed by atoms with Gasteiger partial charge in [-0.25, -0.2) is 0 Å². The molecule has 4 nitrogen and oxygen atoms in total. The van der Waals surface area contributed by atoms with E-state index in [1.807, 2.05) is 26.0 Å². The van der Waals surface area contributed by atoms with Crippen molar-refractivity contribution < 1.29 is 9.53 Å². The van der Waals surface area contributed by atoms with Crippen molar-refractivity contribution in [1.82, 2.24) is 5.32 Å². The molecular weight excluding hydrogens is 240 g/mol. The number of anilines is 1. The van der Waals surface area contributed by atoms with Gasteiger partial charge in [0.2, 0.25) is 5.91 Å². The van der Waals surface area contributed by atoms with Crippen LogP contribution in [0.5, 0.6) is 5.75 Å². The maximum absolute atomic E-state index is 11.9. The number of hydrogen-bond donors (Lipinski definition) is 2. The first kappa shape index (κ1) is 15.5. The summed E-state index contributed by atoms with van der Waals surface area (Å²) in [6.07, 6.45) is 0.453. The SMILES string of the molecule is COc1cc(C)cc(C)c1NC(=O)CCNC(C)C. The summed E-state index contributed by atoms with van der Waals surface area (Å²) in [7, 11) is 1.62. The maximum Gasteiger partial charge on any atom is 0.225 e. The molecule has 0 heterocycles. The van der Waals surface area contributed by atoms with Gasteiger partial charge in [-0.1, -0.05) is 19.9 Å². The summed E-state index contributed by atoms with van der Waals surface area (Å²) < 4.78 is 5.32. The van der Waals surface area contributed by atoms with Gasteiger partial charge in [0.05, 0.1) is 12.8 Å². The molecule has 1 aromatic carbocycles. The van der Waals surface area contributed by atoms with E-state index in [0.717, 1.165) is 16.8 Å². The van der Waals surface area contributed by atoms with Crippen molar-refractivity contribution in [3.63, 3.8) is 0 Å². The zero-order chi connectivity index (χ0) is 14.4. The minimum Gasteiger partial charge on any atom is -0.495 e. The van der Waals surface area contributed by atoms with Crippen LogP contribution in [0.3, 0.4) is 0 Å². The molecule has 0 aromatic heterocycles. The quantitative estimate of drug-likeness (QED) is 0.830. The first-order chi connectivity index (χ1) is 8.93. The lowest BCUT2D eigenvalue weighted by molar-refractivity contribution is -0.116.